The molecule has 1 aromatic rings. The number of nitro groups is 1. The number of ether oxygens (including phenoxy) is 1. The van der Waals surface area contributed by atoms with Gasteiger partial charge in [-0.05, 0) is 31.4 Å². The van der Waals surface area contributed by atoms with Crippen LogP contribution < -0.4 is 4.74 Å². The first kappa shape index (κ1) is 13.7. The van der Waals surface area contributed by atoms with E-state index < -0.39 is 0 Å². The molecular formula is C15H18ClNO3. The van der Waals surface area contributed by atoms with E-state index in [0.29, 0.717) is 5.75 Å². The van der Waals surface area contributed by atoms with Crippen LogP contribution in [-0.4, -0.2) is 16.4 Å². The standard InChI is InChI=1S/C15H18ClNO3/c1-10-4-5-12(11(8-10)17(18)19)20-14-9-13(16)15(14)6-2-3-7-15/h4-5,8,13-14H,2-3,6-7,9H2,1H3. The molecule has 1 aromatic carbocycles. The highest BCUT2D eigenvalue weighted by molar-refractivity contribution is 6.21. The molecule has 2 aliphatic rings. The molecule has 0 N–H and O–H groups in total. The topological polar surface area (TPSA) is 52.4 Å². The normalized spacial score (nSPS) is 27.3. The van der Waals surface area contributed by atoms with E-state index in [9.17, 15) is 10.1 Å². The maximum atomic E-state index is 11.1. The Morgan fingerprint density at radius 2 is 2.10 bits per heavy atom. The molecule has 2 atom stereocenters. The van der Waals surface area contributed by atoms with Crippen molar-refractivity contribution in [3.63, 3.8) is 0 Å². The molecule has 2 unspecified atom stereocenters. The summed E-state index contributed by atoms with van der Waals surface area (Å²) in [6.45, 7) is 1.84. The summed E-state index contributed by atoms with van der Waals surface area (Å²) in [5.74, 6) is 0.375. The molecule has 0 amide bonds. The fourth-order valence-electron chi connectivity index (χ4n) is 3.56. The van der Waals surface area contributed by atoms with Gasteiger partial charge in [0.05, 0.1) is 4.92 Å². The van der Waals surface area contributed by atoms with Gasteiger partial charge >= 0.3 is 5.69 Å². The van der Waals surface area contributed by atoms with Gasteiger partial charge in [-0.3, -0.25) is 10.1 Å². The molecule has 0 saturated heterocycles. The van der Waals surface area contributed by atoms with E-state index >= 15 is 0 Å². The molecular weight excluding hydrogens is 278 g/mol. The summed E-state index contributed by atoms with van der Waals surface area (Å²) in [4.78, 5) is 10.8. The van der Waals surface area contributed by atoms with Gasteiger partial charge in [-0.2, -0.15) is 0 Å². The third kappa shape index (κ3) is 2.06. The number of rotatable bonds is 3. The van der Waals surface area contributed by atoms with Gasteiger partial charge in [-0.15, -0.1) is 11.6 Å². The fraction of sp³-hybridized carbons (Fsp3) is 0.600. The van der Waals surface area contributed by atoms with Gasteiger partial charge in [0, 0.05) is 23.3 Å². The van der Waals surface area contributed by atoms with Crippen molar-refractivity contribution < 1.29 is 9.66 Å². The zero-order chi connectivity index (χ0) is 14.3. The largest absolute Gasteiger partial charge is 0.483 e. The number of hydrogen-bond acceptors (Lipinski definition) is 3. The summed E-state index contributed by atoms with van der Waals surface area (Å²) >= 11 is 6.39. The van der Waals surface area contributed by atoms with E-state index in [1.54, 1.807) is 12.1 Å². The first-order valence-electron chi connectivity index (χ1n) is 7.09. The van der Waals surface area contributed by atoms with Gasteiger partial charge in [0.15, 0.2) is 5.75 Å². The number of nitro benzene ring substituents is 1. The Hall–Kier alpha value is -1.29. The molecule has 2 aliphatic carbocycles. The van der Waals surface area contributed by atoms with Crippen molar-refractivity contribution >= 4 is 17.3 Å². The molecule has 0 bridgehead atoms. The predicted molar refractivity (Wildman–Crippen MR) is 77.4 cm³/mol. The average molecular weight is 296 g/mol. The van der Waals surface area contributed by atoms with Gasteiger partial charge in [0.25, 0.3) is 0 Å². The molecule has 0 radical (unpaired) electrons. The lowest BCUT2D eigenvalue weighted by Crippen LogP contribution is -2.55. The number of nitrogens with zero attached hydrogens (tertiary/aromatic N) is 1. The molecule has 2 saturated carbocycles. The van der Waals surface area contributed by atoms with E-state index in [1.807, 2.05) is 13.0 Å². The highest BCUT2D eigenvalue weighted by Gasteiger charge is 2.57. The molecule has 2 fully saturated rings. The Balaban J connectivity index is 1.84. The summed E-state index contributed by atoms with van der Waals surface area (Å²) < 4.78 is 5.98. The van der Waals surface area contributed by atoms with Gasteiger partial charge < -0.3 is 4.74 Å². The fourth-order valence-corrected chi connectivity index (χ4v) is 4.08. The maximum absolute atomic E-state index is 11.1. The van der Waals surface area contributed by atoms with Crippen LogP contribution in [0.1, 0.15) is 37.7 Å². The van der Waals surface area contributed by atoms with Crippen LogP contribution in [-0.2, 0) is 0 Å². The molecule has 1 spiro atoms. The molecule has 0 heterocycles. The Morgan fingerprint density at radius 3 is 2.70 bits per heavy atom. The molecule has 20 heavy (non-hydrogen) atoms. The predicted octanol–water partition coefficient (Wildman–Crippen LogP) is 4.22. The van der Waals surface area contributed by atoms with Crippen LogP contribution >= 0.6 is 11.6 Å². The second-order valence-corrected chi connectivity index (χ2v) is 6.51. The Labute approximate surface area is 123 Å². The highest BCUT2D eigenvalue weighted by atomic mass is 35.5. The van der Waals surface area contributed by atoms with Crippen molar-refractivity contribution in [3.05, 3.63) is 33.9 Å². The minimum Gasteiger partial charge on any atom is -0.483 e. The van der Waals surface area contributed by atoms with E-state index in [0.717, 1.165) is 24.8 Å². The van der Waals surface area contributed by atoms with E-state index in [4.69, 9.17) is 16.3 Å². The average Bonchev–Trinajstić information content (AvgIpc) is 2.92. The molecule has 108 valence electrons. The Kier molecular flexibility index (Phi) is 3.36. The summed E-state index contributed by atoms with van der Waals surface area (Å²) in [5, 5.41) is 11.3. The van der Waals surface area contributed by atoms with Crippen LogP contribution in [0.2, 0.25) is 0 Å². The quantitative estimate of drug-likeness (QED) is 0.476. The van der Waals surface area contributed by atoms with Crippen LogP contribution in [0.4, 0.5) is 5.69 Å². The van der Waals surface area contributed by atoms with Crippen LogP contribution in [0.15, 0.2) is 18.2 Å². The minimum absolute atomic E-state index is 0.0221. The summed E-state index contributed by atoms with van der Waals surface area (Å²) in [7, 11) is 0. The van der Waals surface area contributed by atoms with Crippen molar-refractivity contribution in [2.45, 2.75) is 50.5 Å². The minimum atomic E-state index is -0.375. The second-order valence-electron chi connectivity index (χ2n) is 5.98. The summed E-state index contributed by atoms with van der Waals surface area (Å²) in [6.07, 6.45) is 5.32. The van der Waals surface area contributed by atoms with Gasteiger partial charge in [0.1, 0.15) is 6.10 Å². The molecule has 5 heteroatoms. The van der Waals surface area contributed by atoms with Crippen molar-refractivity contribution in [3.8, 4) is 5.75 Å². The first-order valence-corrected chi connectivity index (χ1v) is 7.52. The maximum Gasteiger partial charge on any atom is 0.311 e. The first-order chi connectivity index (χ1) is 9.53. The van der Waals surface area contributed by atoms with Crippen molar-refractivity contribution in [2.24, 2.45) is 5.41 Å². The van der Waals surface area contributed by atoms with Gasteiger partial charge in [-0.25, -0.2) is 0 Å². The van der Waals surface area contributed by atoms with Crippen molar-refractivity contribution in [2.75, 3.05) is 0 Å². The van der Waals surface area contributed by atoms with Gasteiger partial charge in [0.2, 0.25) is 0 Å². The van der Waals surface area contributed by atoms with E-state index in [1.165, 1.54) is 12.8 Å². The number of benzene rings is 1. The lowest BCUT2D eigenvalue weighted by atomic mass is 9.64. The third-order valence-electron chi connectivity index (χ3n) is 4.80. The number of hydrogen-bond donors (Lipinski definition) is 0. The van der Waals surface area contributed by atoms with Crippen LogP contribution in [0.25, 0.3) is 0 Å². The van der Waals surface area contributed by atoms with Crippen LogP contribution in [0.5, 0.6) is 5.75 Å². The number of aryl methyl sites for hydroxylation is 1. The molecule has 0 aliphatic heterocycles. The zero-order valence-electron chi connectivity index (χ0n) is 11.5. The lowest BCUT2D eigenvalue weighted by Gasteiger charge is -2.50. The Morgan fingerprint density at radius 1 is 1.40 bits per heavy atom. The van der Waals surface area contributed by atoms with Crippen LogP contribution in [0, 0.1) is 22.5 Å². The van der Waals surface area contributed by atoms with Gasteiger partial charge in [-0.1, -0.05) is 18.9 Å². The smallest absolute Gasteiger partial charge is 0.311 e. The van der Waals surface area contributed by atoms with Crippen molar-refractivity contribution in [1.29, 1.82) is 0 Å². The monoisotopic (exact) mass is 295 g/mol. The SMILES string of the molecule is Cc1ccc(OC2CC(Cl)C23CCCC3)c([N+](=O)[O-])c1. The number of halogens is 1. The van der Waals surface area contributed by atoms with Crippen molar-refractivity contribution in [1.82, 2.24) is 0 Å². The summed E-state index contributed by atoms with van der Waals surface area (Å²) in [5.41, 5.74) is 0.958. The molecule has 0 aromatic heterocycles. The summed E-state index contributed by atoms with van der Waals surface area (Å²) in [6, 6.07) is 5.12. The zero-order valence-corrected chi connectivity index (χ0v) is 12.2. The molecule has 4 nitrogen and oxygen atoms in total. The third-order valence-corrected chi connectivity index (χ3v) is 5.41. The second kappa shape index (κ2) is 4.92. The number of alkyl halides is 1. The highest BCUT2D eigenvalue weighted by Crippen LogP contribution is 2.57. The Bertz CT molecular complexity index is 540. The van der Waals surface area contributed by atoms with Crippen LogP contribution in [0.3, 0.4) is 0 Å². The molecule has 3 rings (SSSR count). The van der Waals surface area contributed by atoms with E-state index in [-0.39, 0.29) is 27.5 Å². The lowest BCUT2D eigenvalue weighted by molar-refractivity contribution is -0.386. The van der Waals surface area contributed by atoms with E-state index in [2.05, 4.69) is 0 Å².